The molecule has 7 nitrogen and oxygen atoms in total. The van der Waals surface area contributed by atoms with E-state index in [1.807, 2.05) is 90.4 Å². The number of fused-ring (bicyclic) bond motifs is 5. The lowest BCUT2D eigenvalue weighted by Crippen LogP contribution is -1.98. The van der Waals surface area contributed by atoms with E-state index in [1.54, 1.807) is 41.3 Å². The van der Waals surface area contributed by atoms with Crippen molar-refractivity contribution in [3.63, 3.8) is 0 Å². The van der Waals surface area contributed by atoms with Gasteiger partial charge in [-0.15, -0.1) is 22.7 Å². The fourth-order valence-corrected chi connectivity index (χ4v) is 5.94. The molecule has 0 fully saturated rings. The van der Waals surface area contributed by atoms with Gasteiger partial charge in [0.05, 0.1) is 22.0 Å². The van der Waals surface area contributed by atoms with Gasteiger partial charge in [-0.3, -0.25) is 9.78 Å². The first-order valence-corrected chi connectivity index (χ1v) is 16.4. The molecular weight excluding hydrogens is 627 g/mol. The molecule has 5 aromatic heterocycles. The SMILES string of the molecule is O=c1cc[nH]c2ccccc12.c1ccc2c(c1)OCO2.c1ccc2sccc2c1.c1ccc2scnc2c1.c1cnc2ccoc2c1. The number of nitrogens with zero attached hydrogens (tertiary/aromatic N) is 2. The number of hydrogen-bond acceptors (Lipinski definition) is 8. The Kier molecular flexibility index (Phi) is 10.6. The van der Waals surface area contributed by atoms with E-state index in [1.165, 1.54) is 20.9 Å². The van der Waals surface area contributed by atoms with E-state index in [-0.39, 0.29) is 5.43 Å². The Balaban J connectivity index is 0.000000103. The minimum absolute atomic E-state index is 0.0688. The average molecular weight is 656 g/mol. The summed E-state index contributed by atoms with van der Waals surface area (Å²) in [6.07, 6.45) is 5.04. The Hall–Kier alpha value is -5.77. The zero-order chi connectivity index (χ0) is 32.1. The van der Waals surface area contributed by atoms with E-state index in [0.717, 1.165) is 39.0 Å². The summed E-state index contributed by atoms with van der Waals surface area (Å²) in [4.78, 5) is 22.3. The highest BCUT2D eigenvalue weighted by Gasteiger charge is 2.09. The van der Waals surface area contributed by atoms with Gasteiger partial charge in [0.1, 0.15) is 5.52 Å². The number of para-hydroxylation sites is 4. The summed E-state index contributed by atoms with van der Waals surface area (Å²) in [5, 5.41) is 4.21. The number of benzene rings is 4. The van der Waals surface area contributed by atoms with Gasteiger partial charge in [-0.1, -0.05) is 54.6 Å². The molecule has 0 aliphatic carbocycles. The minimum Gasteiger partial charge on any atom is -0.463 e. The highest BCUT2D eigenvalue weighted by atomic mass is 32.1. The second kappa shape index (κ2) is 16.0. The molecule has 4 aromatic carbocycles. The first-order chi connectivity index (χ1) is 23.2. The third-order valence-electron chi connectivity index (χ3n) is 6.76. The van der Waals surface area contributed by atoms with Gasteiger partial charge >= 0.3 is 0 Å². The van der Waals surface area contributed by atoms with Crippen molar-refractivity contribution >= 4 is 65.0 Å². The van der Waals surface area contributed by atoms with E-state index in [4.69, 9.17) is 13.9 Å². The normalized spacial score (nSPS) is 10.9. The van der Waals surface area contributed by atoms with E-state index >= 15 is 0 Å². The van der Waals surface area contributed by atoms with Crippen molar-refractivity contribution in [1.29, 1.82) is 0 Å². The molecule has 9 aromatic rings. The van der Waals surface area contributed by atoms with Crippen LogP contribution in [0.25, 0.3) is 42.3 Å². The Labute approximate surface area is 278 Å². The topological polar surface area (TPSA) is 90.2 Å². The van der Waals surface area contributed by atoms with Crippen LogP contribution >= 0.6 is 22.7 Å². The van der Waals surface area contributed by atoms with Crippen molar-refractivity contribution in [2.45, 2.75) is 0 Å². The first-order valence-electron chi connectivity index (χ1n) is 14.6. The highest BCUT2D eigenvalue weighted by molar-refractivity contribution is 7.17. The summed E-state index contributed by atoms with van der Waals surface area (Å²) < 4.78 is 17.8. The zero-order valence-electron chi connectivity index (χ0n) is 25.1. The summed E-state index contributed by atoms with van der Waals surface area (Å²) in [7, 11) is 0. The lowest BCUT2D eigenvalue weighted by atomic mass is 10.2. The number of aromatic nitrogens is 3. The smallest absolute Gasteiger partial charge is 0.231 e. The second-order valence-corrected chi connectivity index (χ2v) is 11.7. The van der Waals surface area contributed by atoms with Gasteiger partial charge in [0.15, 0.2) is 22.5 Å². The van der Waals surface area contributed by atoms with Crippen LogP contribution < -0.4 is 14.9 Å². The molecule has 47 heavy (non-hydrogen) atoms. The van der Waals surface area contributed by atoms with Crippen molar-refractivity contribution in [2.24, 2.45) is 0 Å². The van der Waals surface area contributed by atoms with Gasteiger partial charge < -0.3 is 18.9 Å². The molecule has 9 heteroatoms. The number of furan rings is 1. The maximum atomic E-state index is 11.2. The van der Waals surface area contributed by atoms with Crippen LogP contribution in [0.5, 0.6) is 11.5 Å². The number of H-pyrrole nitrogens is 1. The number of pyridine rings is 2. The molecule has 10 rings (SSSR count). The third kappa shape index (κ3) is 8.49. The fraction of sp³-hybridized carbons (Fsp3) is 0.0263. The minimum atomic E-state index is 0.0688. The molecule has 0 saturated carbocycles. The zero-order valence-corrected chi connectivity index (χ0v) is 26.7. The van der Waals surface area contributed by atoms with Gasteiger partial charge in [0.2, 0.25) is 6.79 Å². The lowest BCUT2D eigenvalue weighted by molar-refractivity contribution is 0.174. The van der Waals surface area contributed by atoms with E-state index < -0.39 is 0 Å². The standard InChI is InChI=1S/C9H7NO.C8H6S.C7H5NO.C7H5NS.C7H6O2/c11-9-5-6-10-8-4-2-1-3-7(8)9;1-2-4-8-7(3-1)5-6-9-8;1-2-7-6(8-4-1)3-5-9-7;2*1-2-4-7-6(3-1)8-5-9-7/h1-6H,(H,10,11);1-6H;2*1-5H;1-4H,5H2. The van der Waals surface area contributed by atoms with E-state index in [9.17, 15) is 4.79 Å². The molecule has 1 aliphatic heterocycles. The van der Waals surface area contributed by atoms with Crippen LogP contribution in [0.2, 0.25) is 0 Å². The predicted molar refractivity (Wildman–Crippen MR) is 193 cm³/mol. The lowest BCUT2D eigenvalue weighted by Gasteiger charge is -1.92. The predicted octanol–water partition coefficient (Wildman–Crippen LogP) is 9.97. The van der Waals surface area contributed by atoms with Crippen LogP contribution in [0, 0.1) is 0 Å². The molecule has 0 bridgehead atoms. The molecule has 0 spiro atoms. The van der Waals surface area contributed by atoms with Crippen molar-refractivity contribution < 1.29 is 13.9 Å². The van der Waals surface area contributed by atoms with E-state index in [2.05, 4.69) is 56.7 Å². The molecule has 232 valence electrons. The van der Waals surface area contributed by atoms with Gasteiger partial charge in [0.25, 0.3) is 0 Å². The Morgan fingerprint density at radius 2 is 1.38 bits per heavy atom. The number of ether oxygens (including phenoxy) is 2. The Morgan fingerprint density at radius 3 is 2.17 bits per heavy atom. The monoisotopic (exact) mass is 655 g/mol. The van der Waals surface area contributed by atoms with Crippen LogP contribution in [-0.4, -0.2) is 21.7 Å². The quantitative estimate of drug-likeness (QED) is 0.175. The summed E-state index contributed by atoms with van der Waals surface area (Å²) in [5.74, 6) is 1.69. The first kappa shape index (κ1) is 31.2. The van der Waals surface area contributed by atoms with Gasteiger partial charge in [-0.25, -0.2) is 4.98 Å². The largest absolute Gasteiger partial charge is 0.463 e. The maximum absolute atomic E-state index is 11.2. The van der Waals surface area contributed by atoms with Crippen LogP contribution in [0.4, 0.5) is 0 Å². The average Bonchev–Trinajstić information content (AvgIpc) is 3.96. The summed E-state index contributed by atoms with van der Waals surface area (Å²) in [6, 6.07) is 40.9. The Morgan fingerprint density at radius 1 is 0.638 bits per heavy atom. The molecule has 0 atom stereocenters. The summed E-state index contributed by atoms with van der Waals surface area (Å²) in [6.45, 7) is 0.360. The number of nitrogens with one attached hydrogen (secondary N) is 1. The third-order valence-corrected chi connectivity index (χ3v) is 8.47. The van der Waals surface area contributed by atoms with Crippen LogP contribution in [-0.2, 0) is 0 Å². The molecule has 0 amide bonds. The molecule has 1 aliphatic rings. The molecule has 6 heterocycles. The summed E-state index contributed by atoms with van der Waals surface area (Å²) >= 11 is 3.46. The van der Waals surface area contributed by atoms with Crippen molar-refractivity contribution in [3.8, 4) is 11.5 Å². The second-order valence-electron chi connectivity index (χ2n) is 9.83. The highest BCUT2D eigenvalue weighted by Crippen LogP contribution is 2.30. The fourth-order valence-electron chi connectivity index (χ4n) is 4.47. The summed E-state index contributed by atoms with van der Waals surface area (Å²) in [5.41, 5.74) is 5.68. The number of rotatable bonds is 0. The molecular formula is C38H29N3O4S2. The molecule has 1 N–H and O–H groups in total. The van der Waals surface area contributed by atoms with Crippen LogP contribution in [0.3, 0.4) is 0 Å². The molecule has 0 saturated heterocycles. The number of hydrogen-bond donors (Lipinski definition) is 1. The molecule has 0 radical (unpaired) electrons. The van der Waals surface area contributed by atoms with Crippen molar-refractivity contribution in [2.75, 3.05) is 6.79 Å². The van der Waals surface area contributed by atoms with Gasteiger partial charge in [-0.05, 0) is 71.4 Å². The number of aromatic amines is 1. The Bertz CT molecular complexity index is 2080. The maximum Gasteiger partial charge on any atom is 0.231 e. The van der Waals surface area contributed by atoms with E-state index in [0.29, 0.717) is 6.79 Å². The number of thiophene rings is 1. The van der Waals surface area contributed by atoms with Crippen molar-refractivity contribution in [3.05, 3.63) is 167 Å². The van der Waals surface area contributed by atoms with Gasteiger partial charge in [0, 0.05) is 40.1 Å². The number of thiazole rings is 1. The molecule has 0 unspecified atom stereocenters. The van der Waals surface area contributed by atoms with Crippen LogP contribution in [0.15, 0.2) is 166 Å². The van der Waals surface area contributed by atoms with Gasteiger partial charge in [-0.2, -0.15) is 0 Å². The van der Waals surface area contributed by atoms with Crippen LogP contribution in [0.1, 0.15) is 0 Å². The van der Waals surface area contributed by atoms with Crippen molar-refractivity contribution in [1.82, 2.24) is 15.0 Å².